The minimum absolute atomic E-state index is 0.343. The van der Waals surface area contributed by atoms with Crippen molar-refractivity contribution in [2.45, 2.75) is 31.7 Å². The van der Waals surface area contributed by atoms with E-state index < -0.39 is 10.0 Å². The van der Waals surface area contributed by atoms with Crippen molar-refractivity contribution in [2.75, 3.05) is 11.9 Å². The van der Waals surface area contributed by atoms with Gasteiger partial charge in [0.15, 0.2) is 0 Å². The van der Waals surface area contributed by atoms with Crippen molar-refractivity contribution in [3.05, 3.63) is 45.1 Å². The SMILES string of the molecule is Cc1cc(CNS(=O)(=O)c2ccc3c(c2)CCN3)sc1C. The highest BCUT2D eigenvalue weighted by molar-refractivity contribution is 7.89. The van der Waals surface area contributed by atoms with E-state index in [1.807, 2.05) is 26.0 Å². The highest BCUT2D eigenvalue weighted by atomic mass is 32.2. The summed E-state index contributed by atoms with van der Waals surface area (Å²) in [6.07, 6.45) is 0.877. The summed E-state index contributed by atoms with van der Waals surface area (Å²) < 4.78 is 27.4. The molecule has 0 aliphatic carbocycles. The molecular weight excluding hydrogens is 304 g/mol. The molecule has 0 spiro atoms. The Labute approximate surface area is 129 Å². The lowest BCUT2D eigenvalue weighted by atomic mass is 10.2. The van der Waals surface area contributed by atoms with Crippen LogP contribution in [-0.4, -0.2) is 15.0 Å². The monoisotopic (exact) mass is 322 g/mol. The van der Waals surface area contributed by atoms with Gasteiger partial charge in [0.25, 0.3) is 0 Å². The first-order valence-electron chi connectivity index (χ1n) is 6.88. The normalized spacial score (nSPS) is 14.0. The molecule has 0 unspecified atom stereocenters. The van der Waals surface area contributed by atoms with Crippen LogP contribution in [0.25, 0.3) is 0 Å². The molecule has 112 valence electrons. The van der Waals surface area contributed by atoms with Crippen molar-refractivity contribution in [3.63, 3.8) is 0 Å². The molecular formula is C15H18N2O2S2. The molecule has 1 aliphatic heterocycles. The third-order valence-electron chi connectivity index (χ3n) is 3.75. The van der Waals surface area contributed by atoms with E-state index in [1.54, 1.807) is 23.5 Å². The van der Waals surface area contributed by atoms with Gasteiger partial charge in [0.05, 0.1) is 4.90 Å². The van der Waals surface area contributed by atoms with E-state index in [0.717, 1.165) is 29.1 Å². The van der Waals surface area contributed by atoms with Crippen molar-refractivity contribution < 1.29 is 8.42 Å². The van der Waals surface area contributed by atoms with Crippen LogP contribution >= 0.6 is 11.3 Å². The quantitative estimate of drug-likeness (QED) is 0.910. The first-order valence-corrected chi connectivity index (χ1v) is 9.18. The largest absolute Gasteiger partial charge is 0.384 e. The Bertz CT molecular complexity index is 759. The van der Waals surface area contributed by atoms with E-state index in [9.17, 15) is 8.42 Å². The average Bonchev–Trinajstić information content (AvgIpc) is 3.03. The fraction of sp³-hybridized carbons (Fsp3) is 0.333. The van der Waals surface area contributed by atoms with Crippen LogP contribution in [0.2, 0.25) is 0 Å². The van der Waals surface area contributed by atoms with Crippen molar-refractivity contribution in [3.8, 4) is 0 Å². The zero-order valence-corrected chi connectivity index (χ0v) is 13.7. The summed E-state index contributed by atoms with van der Waals surface area (Å²) in [5.74, 6) is 0. The van der Waals surface area contributed by atoms with E-state index in [0.29, 0.717) is 11.4 Å². The molecule has 0 saturated heterocycles. The number of thiophene rings is 1. The Hall–Kier alpha value is -1.37. The van der Waals surface area contributed by atoms with Gasteiger partial charge in [-0.05, 0) is 55.7 Å². The molecule has 21 heavy (non-hydrogen) atoms. The predicted octanol–water partition coefficient (Wildman–Crippen LogP) is 2.81. The number of rotatable bonds is 4. The standard InChI is InChI=1S/C15H18N2O2S2/c1-10-7-13(20-11(10)2)9-17-21(18,19)14-3-4-15-12(8-14)5-6-16-15/h3-4,7-8,16-17H,5-6,9H2,1-2H3. The van der Waals surface area contributed by atoms with Gasteiger partial charge in [-0.2, -0.15) is 0 Å². The summed E-state index contributed by atoms with van der Waals surface area (Å²) in [5, 5.41) is 3.23. The molecule has 0 atom stereocenters. The van der Waals surface area contributed by atoms with Gasteiger partial charge in [0.2, 0.25) is 10.0 Å². The highest BCUT2D eigenvalue weighted by Gasteiger charge is 2.18. The third-order valence-corrected chi connectivity index (χ3v) is 6.30. The maximum atomic E-state index is 12.4. The predicted molar refractivity (Wildman–Crippen MR) is 86.5 cm³/mol. The van der Waals surface area contributed by atoms with E-state index in [1.165, 1.54) is 10.4 Å². The second-order valence-corrected chi connectivity index (χ2v) is 8.38. The molecule has 1 aromatic heterocycles. The van der Waals surface area contributed by atoms with Crippen LogP contribution in [0.1, 0.15) is 20.9 Å². The molecule has 0 fully saturated rings. The van der Waals surface area contributed by atoms with Crippen LogP contribution in [0, 0.1) is 13.8 Å². The molecule has 0 radical (unpaired) electrons. The molecule has 3 rings (SSSR count). The maximum absolute atomic E-state index is 12.4. The van der Waals surface area contributed by atoms with Crippen molar-refractivity contribution >= 4 is 27.0 Å². The Morgan fingerprint density at radius 1 is 1.29 bits per heavy atom. The second-order valence-electron chi connectivity index (χ2n) is 5.27. The number of anilines is 1. The van der Waals surface area contributed by atoms with Gasteiger partial charge in [0.1, 0.15) is 0 Å². The van der Waals surface area contributed by atoms with E-state index in [-0.39, 0.29) is 0 Å². The van der Waals surface area contributed by atoms with Gasteiger partial charge in [-0.1, -0.05) is 0 Å². The molecule has 2 heterocycles. The average molecular weight is 322 g/mol. The number of nitrogens with one attached hydrogen (secondary N) is 2. The third kappa shape index (κ3) is 2.97. The molecule has 2 N–H and O–H groups in total. The zero-order valence-electron chi connectivity index (χ0n) is 12.1. The summed E-state index contributed by atoms with van der Waals surface area (Å²) in [4.78, 5) is 2.61. The molecule has 1 aromatic carbocycles. The van der Waals surface area contributed by atoms with Crippen LogP contribution in [-0.2, 0) is 23.0 Å². The van der Waals surface area contributed by atoms with Crippen LogP contribution in [0.15, 0.2) is 29.2 Å². The van der Waals surface area contributed by atoms with Crippen LogP contribution in [0.5, 0.6) is 0 Å². The fourth-order valence-electron chi connectivity index (χ4n) is 2.43. The molecule has 1 aliphatic rings. The summed E-state index contributed by atoms with van der Waals surface area (Å²) >= 11 is 1.63. The van der Waals surface area contributed by atoms with E-state index in [4.69, 9.17) is 0 Å². The fourth-order valence-corrected chi connectivity index (χ4v) is 4.58. The van der Waals surface area contributed by atoms with Gasteiger partial charge in [-0.25, -0.2) is 13.1 Å². The number of sulfonamides is 1. The van der Waals surface area contributed by atoms with Crippen LogP contribution in [0.3, 0.4) is 0 Å². The topological polar surface area (TPSA) is 58.2 Å². The highest BCUT2D eigenvalue weighted by Crippen LogP contribution is 2.25. The lowest BCUT2D eigenvalue weighted by Crippen LogP contribution is -2.22. The number of hydrogen-bond acceptors (Lipinski definition) is 4. The smallest absolute Gasteiger partial charge is 0.240 e. The molecule has 0 bridgehead atoms. The van der Waals surface area contributed by atoms with Crippen molar-refractivity contribution in [1.82, 2.24) is 4.72 Å². The zero-order chi connectivity index (χ0) is 15.0. The van der Waals surface area contributed by atoms with Gasteiger partial charge in [-0.15, -0.1) is 11.3 Å². The van der Waals surface area contributed by atoms with Gasteiger partial charge >= 0.3 is 0 Å². The minimum Gasteiger partial charge on any atom is -0.384 e. The summed E-state index contributed by atoms with van der Waals surface area (Å²) in [6.45, 7) is 5.31. The molecule has 4 nitrogen and oxygen atoms in total. The Balaban J connectivity index is 1.77. The summed E-state index contributed by atoms with van der Waals surface area (Å²) in [7, 11) is -3.45. The van der Waals surface area contributed by atoms with Gasteiger partial charge in [-0.3, -0.25) is 0 Å². The summed E-state index contributed by atoms with van der Waals surface area (Å²) in [6, 6.07) is 7.30. The molecule has 0 saturated carbocycles. The Morgan fingerprint density at radius 2 is 2.10 bits per heavy atom. The number of hydrogen-bond donors (Lipinski definition) is 2. The lowest BCUT2D eigenvalue weighted by molar-refractivity contribution is 0.581. The first kappa shape index (κ1) is 14.6. The number of aryl methyl sites for hydroxylation is 2. The Morgan fingerprint density at radius 3 is 2.81 bits per heavy atom. The van der Waals surface area contributed by atoms with E-state index >= 15 is 0 Å². The molecule has 6 heteroatoms. The van der Waals surface area contributed by atoms with Crippen LogP contribution < -0.4 is 10.0 Å². The van der Waals surface area contributed by atoms with Crippen LogP contribution in [0.4, 0.5) is 5.69 Å². The summed E-state index contributed by atoms with van der Waals surface area (Å²) in [5.41, 5.74) is 3.32. The minimum atomic E-state index is -3.45. The second kappa shape index (κ2) is 5.44. The molecule has 2 aromatic rings. The Kier molecular flexibility index (Phi) is 3.77. The van der Waals surface area contributed by atoms with Gasteiger partial charge < -0.3 is 5.32 Å². The lowest BCUT2D eigenvalue weighted by Gasteiger charge is -2.07. The number of benzene rings is 1. The van der Waals surface area contributed by atoms with Gasteiger partial charge in [0, 0.05) is 28.5 Å². The van der Waals surface area contributed by atoms with Crippen molar-refractivity contribution in [2.24, 2.45) is 0 Å². The van der Waals surface area contributed by atoms with E-state index in [2.05, 4.69) is 10.0 Å². The number of fused-ring (bicyclic) bond motifs is 1. The first-order chi connectivity index (χ1) is 9.95. The maximum Gasteiger partial charge on any atom is 0.240 e. The molecule has 0 amide bonds. The van der Waals surface area contributed by atoms with Crippen molar-refractivity contribution in [1.29, 1.82) is 0 Å².